The Hall–Kier alpha value is -2.38. The molecule has 0 spiro atoms. The highest BCUT2D eigenvalue weighted by atomic mass is 32.2. The van der Waals surface area contributed by atoms with Crippen molar-refractivity contribution >= 4 is 21.6 Å². The van der Waals surface area contributed by atoms with Crippen molar-refractivity contribution < 1.29 is 17.9 Å². The second kappa shape index (κ2) is 8.10. The Morgan fingerprint density at radius 3 is 2.63 bits per heavy atom. The number of carbonyl (C=O) groups is 1. The summed E-state index contributed by atoms with van der Waals surface area (Å²) < 4.78 is 32.7. The van der Waals surface area contributed by atoms with Crippen molar-refractivity contribution in [2.24, 2.45) is 0 Å². The normalized spacial score (nSPS) is 17.6. The molecule has 0 saturated carbocycles. The summed E-state index contributed by atoms with van der Waals surface area (Å²) in [5.74, 6) is 0.319. The van der Waals surface area contributed by atoms with Gasteiger partial charge < -0.3 is 10.1 Å². The molecule has 7 heteroatoms. The van der Waals surface area contributed by atoms with Gasteiger partial charge in [-0.05, 0) is 68.7 Å². The summed E-state index contributed by atoms with van der Waals surface area (Å²) in [6.07, 6.45) is 1.16. The van der Waals surface area contributed by atoms with Crippen LogP contribution < -0.4 is 10.1 Å². The number of carbonyl (C=O) groups excluding carboxylic acids is 1. The van der Waals surface area contributed by atoms with E-state index in [0.29, 0.717) is 37.4 Å². The highest BCUT2D eigenvalue weighted by Crippen LogP contribution is 2.28. The number of nitrogens with zero attached hydrogens (tertiary/aromatic N) is 1. The smallest absolute Gasteiger partial charge is 0.243 e. The molecule has 0 aliphatic carbocycles. The van der Waals surface area contributed by atoms with Gasteiger partial charge in [0.1, 0.15) is 11.8 Å². The van der Waals surface area contributed by atoms with Gasteiger partial charge in [-0.3, -0.25) is 4.79 Å². The Morgan fingerprint density at radius 1 is 1.22 bits per heavy atom. The molecule has 6 nitrogen and oxygen atoms in total. The summed E-state index contributed by atoms with van der Waals surface area (Å²) in [6.45, 7) is 4.65. The van der Waals surface area contributed by atoms with Crippen LogP contribution >= 0.6 is 0 Å². The molecule has 1 aliphatic rings. The van der Waals surface area contributed by atoms with E-state index in [9.17, 15) is 13.2 Å². The molecule has 0 bridgehead atoms. The van der Waals surface area contributed by atoms with Crippen LogP contribution in [0.3, 0.4) is 0 Å². The molecular weight excluding hydrogens is 364 g/mol. The van der Waals surface area contributed by atoms with Crippen molar-refractivity contribution in [2.45, 2.75) is 37.6 Å². The molecule has 3 rings (SSSR count). The molecular formula is C20H24N2O4S. The first-order chi connectivity index (χ1) is 12.9. The van der Waals surface area contributed by atoms with E-state index in [2.05, 4.69) is 5.32 Å². The van der Waals surface area contributed by atoms with Crippen LogP contribution in [-0.4, -0.2) is 37.8 Å². The van der Waals surface area contributed by atoms with Gasteiger partial charge in [-0.2, -0.15) is 4.31 Å². The molecule has 2 aromatic rings. The van der Waals surface area contributed by atoms with Crippen molar-refractivity contribution in [1.82, 2.24) is 4.31 Å². The monoisotopic (exact) mass is 388 g/mol. The Kier molecular flexibility index (Phi) is 5.82. The highest BCUT2D eigenvalue weighted by molar-refractivity contribution is 7.89. The van der Waals surface area contributed by atoms with Gasteiger partial charge in [0, 0.05) is 12.2 Å². The lowest BCUT2D eigenvalue weighted by atomic mass is 10.2. The number of aryl methyl sites for hydroxylation is 1. The molecule has 0 aromatic heterocycles. The number of sulfonamides is 1. The maximum Gasteiger partial charge on any atom is 0.243 e. The van der Waals surface area contributed by atoms with Gasteiger partial charge in [-0.1, -0.05) is 12.1 Å². The minimum absolute atomic E-state index is 0.168. The molecule has 2 aromatic carbocycles. The van der Waals surface area contributed by atoms with Crippen molar-refractivity contribution in [3.63, 3.8) is 0 Å². The number of ether oxygens (including phenoxy) is 1. The average Bonchev–Trinajstić information content (AvgIpc) is 3.13. The van der Waals surface area contributed by atoms with Gasteiger partial charge in [0.25, 0.3) is 0 Å². The summed E-state index contributed by atoms with van der Waals surface area (Å²) in [7, 11) is -3.75. The van der Waals surface area contributed by atoms with E-state index < -0.39 is 16.1 Å². The average molecular weight is 388 g/mol. The number of hydrogen-bond acceptors (Lipinski definition) is 4. The van der Waals surface area contributed by atoms with Crippen LogP contribution in [0.25, 0.3) is 0 Å². The van der Waals surface area contributed by atoms with Crippen LogP contribution in [-0.2, 0) is 14.8 Å². The molecule has 1 saturated heterocycles. The number of anilines is 1. The van der Waals surface area contributed by atoms with Crippen LogP contribution in [0.1, 0.15) is 25.3 Å². The van der Waals surface area contributed by atoms with Gasteiger partial charge in [-0.25, -0.2) is 8.42 Å². The van der Waals surface area contributed by atoms with E-state index in [1.807, 2.05) is 32.0 Å². The van der Waals surface area contributed by atoms with E-state index >= 15 is 0 Å². The predicted molar refractivity (Wildman–Crippen MR) is 104 cm³/mol. The van der Waals surface area contributed by atoms with Crippen LogP contribution in [0, 0.1) is 6.92 Å². The Labute approximate surface area is 160 Å². The molecule has 144 valence electrons. The molecule has 0 radical (unpaired) electrons. The van der Waals surface area contributed by atoms with Crippen molar-refractivity contribution in [2.75, 3.05) is 18.5 Å². The zero-order valence-electron chi connectivity index (χ0n) is 15.5. The van der Waals surface area contributed by atoms with Crippen molar-refractivity contribution in [3.05, 3.63) is 54.1 Å². The summed E-state index contributed by atoms with van der Waals surface area (Å²) in [6, 6.07) is 13.1. The fourth-order valence-corrected chi connectivity index (χ4v) is 4.90. The third-order valence-corrected chi connectivity index (χ3v) is 6.46. The summed E-state index contributed by atoms with van der Waals surface area (Å²) in [5.41, 5.74) is 1.70. The maximum atomic E-state index is 13.0. The lowest BCUT2D eigenvalue weighted by Gasteiger charge is -2.23. The van der Waals surface area contributed by atoms with Crippen LogP contribution in [0.4, 0.5) is 5.69 Å². The first-order valence-electron chi connectivity index (χ1n) is 9.04. The topological polar surface area (TPSA) is 75.7 Å². The zero-order chi connectivity index (χ0) is 19.4. The molecule has 1 heterocycles. The highest BCUT2D eigenvalue weighted by Gasteiger charge is 2.39. The third kappa shape index (κ3) is 4.31. The van der Waals surface area contributed by atoms with E-state index in [4.69, 9.17) is 4.74 Å². The van der Waals surface area contributed by atoms with Crippen molar-refractivity contribution in [1.29, 1.82) is 0 Å². The predicted octanol–water partition coefficient (Wildman–Crippen LogP) is 3.19. The van der Waals surface area contributed by atoms with Gasteiger partial charge in [0.05, 0.1) is 11.5 Å². The first kappa shape index (κ1) is 19.4. The minimum atomic E-state index is -3.75. The molecule has 27 heavy (non-hydrogen) atoms. The number of benzene rings is 2. The van der Waals surface area contributed by atoms with E-state index in [1.54, 1.807) is 18.2 Å². The number of rotatable bonds is 6. The van der Waals surface area contributed by atoms with Crippen LogP contribution in [0.5, 0.6) is 5.75 Å². The number of hydrogen-bond donors (Lipinski definition) is 1. The second-order valence-corrected chi connectivity index (χ2v) is 8.43. The van der Waals surface area contributed by atoms with Crippen molar-refractivity contribution in [3.8, 4) is 5.75 Å². The molecule has 1 unspecified atom stereocenters. The van der Waals surface area contributed by atoms with E-state index in [-0.39, 0.29) is 10.8 Å². The second-order valence-electron chi connectivity index (χ2n) is 6.54. The van der Waals surface area contributed by atoms with E-state index in [0.717, 1.165) is 5.56 Å². The van der Waals surface area contributed by atoms with Gasteiger partial charge in [0.2, 0.25) is 15.9 Å². The van der Waals surface area contributed by atoms with Gasteiger partial charge in [0.15, 0.2) is 0 Å². The van der Waals surface area contributed by atoms with Crippen LogP contribution in [0.2, 0.25) is 0 Å². The van der Waals surface area contributed by atoms with E-state index in [1.165, 1.54) is 16.4 Å². The quantitative estimate of drug-likeness (QED) is 0.825. The summed E-state index contributed by atoms with van der Waals surface area (Å²) in [4.78, 5) is 12.9. The fourth-order valence-electron chi connectivity index (χ4n) is 3.25. The van der Waals surface area contributed by atoms with Crippen LogP contribution in [0.15, 0.2) is 53.4 Å². The number of amides is 1. The Balaban J connectivity index is 1.78. The first-order valence-corrected chi connectivity index (χ1v) is 10.5. The lowest BCUT2D eigenvalue weighted by molar-refractivity contribution is -0.119. The number of nitrogens with one attached hydrogen (secondary N) is 1. The zero-order valence-corrected chi connectivity index (χ0v) is 16.3. The molecule has 1 N–H and O–H groups in total. The summed E-state index contributed by atoms with van der Waals surface area (Å²) >= 11 is 0. The molecule has 1 fully saturated rings. The minimum Gasteiger partial charge on any atom is -0.494 e. The SMILES string of the molecule is CCOc1ccc(S(=O)(=O)N2CCCC2C(=O)Nc2cccc(C)c2)cc1. The largest absolute Gasteiger partial charge is 0.494 e. The Morgan fingerprint density at radius 2 is 1.96 bits per heavy atom. The maximum absolute atomic E-state index is 13.0. The molecule has 1 atom stereocenters. The molecule has 1 amide bonds. The third-order valence-electron chi connectivity index (χ3n) is 4.53. The summed E-state index contributed by atoms with van der Waals surface area (Å²) in [5, 5.41) is 2.84. The van der Waals surface area contributed by atoms with Gasteiger partial charge >= 0.3 is 0 Å². The lowest BCUT2D eigenvalue weighted by Crippen LogP contribution is -2.43. The molecule has 1 aliphatic heterocycles. The Bertz CT molecular complexity index is 910. The van der Waals surface area contributed by atoms with Gasteiger partial charge in [-0.15, -0.1) is 0 Å². The fraction of sp³-hybridized carbons (Fsp3) is 0.350. The standard InChI is InChI=1S/C20H24N2O4S/c1-3-26-17-9-11-18(12-10-17)27(24,25)22-13-5-8-19(22)20(23)21-16-7-4-6-15(2)14-16/h4,6-7,9-12,14,19H,3,5,8,13H2,1-2H3,(H,21,23).